The van der Waals surface area contributed by atoms with E-state index in [1.807, 2.05) is 18.2 Å². The number of nitrogens with zero attached hydrogens (tertiary/aromatic N) is 2. The maximum Gasteiger partial charge on any atom is 0.347 e. The SMILES string of the molecule is Cc1c(NC(=O)COC(=O)[C@@H](C)Oc2ccc(Cl)cc2Cl)c(=O)n(-c2ccccc2)n1C. The fraction of sp³-hybridized carbons (Fsp3) is 0.227. The van der Waals surface area contributed by atoms with Gasteiger partial charge in [-0.3, -0.25) is 14.3 Å². The molecule has 0 fully saturated rings. The van der Waals surface area contributed by atoms with Crippen LogP contribution in [-0.2, 0) is 21.4 Å². The molecule has 168 valence electrons. The largest absolute Gasteiger partial charge is 0.477 e. The van der Waals surface area contributed by atoms with Crippen molar-refractivity contribution in [1.82, 2.24) is 9.36 Å². The lowest BCUT2D eigenvalue weighted by atomic mass is 10.3. The van der Waals surface area contributed by atoms with Gasteiger partial charge in [0.05, 0.1) is 16.4 Å². The summed E-state index contributed by atoms with van der Waals surface area (Å²) in [5.41, 5.74) is 0.911. The molecule has 0 aliphatic heterocycles. The highest BCUT2D eigenvalue weighted by atomic mass is 35.5. The highest BCUT2D eigenvalue weighted by Crippen LogP contribution is 2.28. The molecule has 0 aliphatic rings. The number of amides is 1. The predicted octanol–water partition coefficient (Wildman–Crippen LogP) is 3.74. The lowest BCUT2D eigenvalue weighted by molar-refractivity contribution is -0.153. The third kappa shape index (κ3) is 5.15. The van der Waals surface area contributed by atoms with E-state index in [2.05, 4.69) is 5.32 Å². The van der Waals surface area contributed by atoms with E-state index < -0.39 is 30.1 Å². The average Bonchev–Trinajstić information content (AvgIpc) is 2.97. The molecule has 1 aromatic heterocycles. The van der Waals surface area contributed by atoms with E-state index >= 15 is 0 Å². The van der Waals surface area contributed by atoms with Crippen molar-refractivity contribution >= 4 is 40.8 Å². The zero-order valence-corrected chi connectivity index (χ0v) is 19.1. The molecule has 0 saturated heterocycles. The van der Waals surface area contributed by atoms with Gasteiger partial charge in [0.1, 0.15) is 11.4 Å². The standard InChI is InChI=1S/C22H21Cl2N3O5/c1-13-20(21(29)27(26(13)3)16-7-5-4-6-8-16)25-19(28)12-31-22(30)14(2)32-18-10-9-15(23)11-17(18)24/h4-11,14H,12H2,1-3H3,(H,25,28)/t14-/m1/s1. The minimum absolute atomic E-state index is 0.106. The molecule has 1 heterocycles. The molecule has 32 heavy (non-hydrogen) atoms. The van der Waals surface area contributed by atoms with E-state index in [9.17, 15) is 14.4 Å². The number of carbonyl (C=O) groups is 2. The molecule has 10 heteroatoms. The number of ether oxygens (including phenoxy) is 2. The topological polar surface area (TPSA) is 91.6 Å². The molecule has 0 bridgehead atoms. The van der Waals surface area contributed by atoms with E-state index in [1.165, 1.54) is 23.7 Å². The summed E-state index contributed by atoms with van der Waals surface area (Å²) in [6.45, 7) is 2.58. The zero-order chi connectivity index (χ0) is 23.4. The molecule has 0 radical (unpaired) electrons. The van der Waals surface area contributed by atoms with Crippen LogP contribution in [0.3, 0.4) is 0 Å². The maximum absolute atomic E-state index is 12.8. The number of benzene rings is 2. The second-order valence-electron chi connectivity index (χ2n) is 6.93. The minimum atomic E-state index is -1.02. The molecule has 3 aromatic rings. The Morgan fingerprint density at radius 2 is 1.81 bits per heavy atom. The first-order valence-electron chi connectivity index (χ1n) is 9.61. The second kappa shape index (κ2) is 9.93. The Labute approximate surface area is 194 Å². The molecule has 8 nitrogen and oxygen atoms in total. The summed E-state index contributed by atoms with van der Waals surface area (Å²) in [5.74, 6) is -1.16. The highest BCUT2D eigenvalue weighted by Gasteiger charge is 2.21. The van der Waals surface area contributed by atoms with Crippen molar-refractivity contribution in [2.24, 2.45) is 7.05 Å². The second-order valence-corrected chi connectivity index (χ2v) is 7.77. The number of hydrogen-bond donors (Lipinski definition) is 1. The van der Waals surface area contributed by atoms with E-state index in [0.29, 0.717) is 16.4 Å². The molecule has 0 spiro atoms. The molecule has 2 aromatic carbocycles. The van der Waals surface area contributed by atoms with Gasteiger partial charge >= 0.3 is 5.97 Å². The van der Waals surface area contributed by atoms with Crippen LogP contribution in [0, 0.1) is 6.92 Å². The van der Waals surface area contributed by atoms with Crippen molar-refractivity contribution in [2.75, 3.05) is 11.9 Å². The molecular weight excluding hydrogens is 457 g/mol. The van der Waals surface area contributed by atoms with Crippen LogP contribution in [0.5, 0.6) is 5.75 Å². The van der Waals surface area contributed by atoms with Crippen molar-refractivity contribution in [3.05, 3.63) is 74.6 Å². The Morgan fingerprint density at radius 1 is 1.12 bits per heavy atom. The summed E-state index contributed by atoms with van der Waals surface area (Å²) in [6.07, 6.45) is -1.02. The number of nitrogens with one attached hydrogen (secondary N) is 1. The van der Waals surface area contributed by atoms with Gasteiger partial charge in [-0.1, -0.05) is 41.4 Å². The van der Waals surface area contributed by atoms with Gasteiger partial charge in [0, 0.05) is 12.1 Å². The number of carbonyl (C=O) groups excluding carboxylic acids is 2. The van der Waals surface area contributed by atoms with Gasteiger partial charge in [-0.2, -0.15) is 0 Å². The predicted molar refractivity (Wildman–Crippen MR) is 122 cm³/mol. The number of halogens is 2. The summed E-state index contributed by atoms with van der Waals surface area (Å²) in [5, 5.41) is 3.19. The fourth-order valence-corrected chi connectivity index (χ4v) is 3.40. The lowest BCUT2D eigenvalue weighted by Gasteiger charge is -2.15. The first-order valence-corrected chi connectivity index (χ1v) is 10.4. The van der Waals surface area contributed by atoms with Crippen LogP contribution in [-0.4, -0.2) is 34.0 Å². The van der Waals surface area contributed by atoms with Crippen molar-refractivity contribution in [1.29, 1.82) is 0 Å². The Kier molecular flexibility index (Phi) is 7.27. The monoisotopic (exact) mass is 477 g/mol. The van der Waals surface area contributed by atoms with E-state index in [-0.39, 0.29) is 16.5 Å². The van der Waals surface area contributed by atoms with Gasteiger partial charge in [0.25, 0.3) is 11.5 Å². The number of para-hydroxylation sites is 1. The van der Waals surface area contributed by atoms with Crippen molar-refractivity contribution in [2.45, 2.75) is 20.0 Å². The summed E-state index contributed by atoms with van der Waals surface area (Å²) in [6, 6.07) is 13.6. The van der Waals surface area contributed by atoms with Crippen LogP contribution in [0.4, 0.5) is 5.69 Å². The van der Waals surface area contributed by atoms with Crippen LogP contribution >= 0.6 is 23.2 Å². The Morgan fingerprint density at radius 3 is 2.47 bits per heavy atom. The van der Waals surface area contributed by atoms with Crippen molar-refractivity contribution in [3.63, 3.8) is 0 Å². The molecule has 1 N–H and O–H groups in total. The third-order valence-electron chi connectivity index (χ3n) is 4.69. The summed E-state index contributed by atoms with van der Waals surface area (Å²) in [4.78, 5) is 37.4. The average molecular weight is 478 g/mol. The molecule has 0 aliphatic carbocycles. The van der Waals surface area contributed by atoms with Gasteiger partial charge in [0.15, 0.2) is 12.7 Å². The van der Waals surface area contributed by atoms with E-state index in [4.69, 9.17) is 32.7 Å². The van der Waals surface area contributed by atoms with Crippen molar-refractivity contribution in [3.8, 4) is 11.4 Å². The first-order chi connectivity index (χ1) is 15.2. The van der Waals surface area contributed by atoms with Crippen LogP contribution in [0.15, 0.2) is 53.3 Å². The number of rotatable bonds is 7. The molecule has 3 rings (SSSR count). The van der Waals surface area contributed by atoms with Gasteiger partial charge in [0.2, 0.25) is 0 Å². The zero-order valence-electron chi connectivity index (χ0n) is 17.6. The smallest absolute Gasteiger partial charge is 0.347 e. The number of hydrogen-bond acceptors (Lipinski definition) is 5. The highest BCUT2D eigenvalue weighted by molar-refractivity contribution is 6.35. The van der Waals surface area contributed by atoms with Gasteiger partial charge in [-0.25, -0.2) is 9.48 Å². The Bertz CT molecular complexity index is 1200. The minimum Gasteiger partial charge on any atom is -0.477 e. The van der Waals surface area contributed by atoms with Gasteiger partial charge in [-0.15, -0.1) is 0 Å². The Balaban J connectivity index is 1.62. The van der Waals surface area contributed by atoms with Crippen LogP contribution in [0.1, 0.15) is 12.6 Å². The number of aromatic nitrogens is 2. The summed E-state index contributed by atoms with van der Waals surface area (Å²) >= 11 is 11.9. The number of anilines is 1. The molecule has 1 atom stereocenters. The summed E-state index contributed by atoms with van der Waals surface area (Å²) < 4.78 is 13.5. The fourth-order valence-electron chi connectivity index (χ4n) is 2.95. The summed E-state index contributed by atoms with van der Waals surface area (Å²) in [7, 11) is 1.71. The number of esters is 1. The van der Waals surface area contributed by atoms with Crippen LogP contribution in [0.2, 0.25) is 10.0 Å². The Hall–Kier alpha value is -3.23. The lowest BCUT2D eigenvalue weighted by Crippen LogP contribution is -2.30. The van der Waals surface area contributed by atoms with Crippen molar-refractivity contribution < 1.29 is 19.1 Å². The van der Waals surface area contributed by atoms with Crippen LogP contribution < -0.4 is 15.6 Å². The first kappa shape index (κ1) is 23.4. The quantitative estimate of drug-likeness (QED) is 0.523. The molecule has 0 saturated carbocycles. The van der Waals surface area contributed by atoms with Gasteiger partial charge < -0.3 is 14.8 Å². The molecule has 1 amide bonds. The van der Waals surface area contributed by atoms with E-state index in [1.54, 1.807) is 36.9 Å². The molecular formula is C22H21Cl2N3O5. The van der Waals surface area contributed by atoms with Gasteiger partial charge in [-0.05, 0) is 44.2 Å². The molecule has 0 unspecified atom stereocenters. The van der Waals surface area contributed by atoms with E-state index in [0.717, 1.165) is 0 Å². The van der Waals surface area contributed by atoms with Crippen LogP contribution in [0.25, 0.3) is 5.69 Å². The normalized spacial score (nSPS) is 11.7. The maximum atomic E-state index is 12.8. The third-order valence-corrected chi connectivity index (χ3v) is 5.22.